The van der Waals surface area contributed by atoms with Crippen molar-refractivity contribution in [2.75, 3.05) is 19.8 Å². The van der Waals surface area contributed by atoms with Crippen LogP contribution in [0, 0.1) is 0 Å². The van der Waals surface area contributed by atoms with Gasteiger partial charge < -0.3 is 14.6 Å². The zero-order valence-corrected chi connectivity index (χ0v) is 14.0. The topological polar surface area (TPSA) is 55.8 Å². The summed E-state index contributed by atoms with van der Waals surface area (Å²) in [6, 6.07) is 7.65. The molecular formula is C19H28O4. The first-order chi connectivity index (χ1) is 11.3. The first kappa shape index (κ1) is 19.2. The van der Waals surface area contributed by atoms with Gasteiger partial charge in [-0.25, -0.2) is 4.79 Å². The van der Waals surface area contributed by atoms with Crippen LogP contribution < -0.4 is 4.74 Å². The summed E-state index contributed by atoms with van der Waals surface area (Å²) < 4.78 is 10.5. The summed E-state index contributed by atoms with van der Waals surface area (Å²) in [4.78, 5) is 11.2. The Morgan fingerprint density at radius 2 is 1.70 bits per heavy atom. The van der Waals surface area contributed by atoms with Gasteiger partial charge in [0.1, 0.15) is 5.75 Å². The molecule has 0 aliphatic carbocycles. The van der Waals surface area contributed by atoms with Crippen LogP contribution in [0.2, 0.25) is 0 Å². The van der Waals surface area contributed by atoms with Gasteiger partial charge in [-0.05, 0) is 43.5 Å². The van der Waals surface area contributed by atoms with Crippen LogP contribution in [0.4, 0.5) is 0 Å². The lowest BCUT2D eigenvalue weighted by molar-refractivity contribution is -0.137. The maximum atomic E-state index is 11.2. The van der Waals surface area contributed by atoms with Gasteiger partial charge in [-0.2, -0.15) is 0 Å². The van der Waals surface area contributed by atoms with Gasteiger partial charge in [-0.1, -0.05) is 37.8 Å². The number of esters is 1. The molecule has 0 aromatic heterocycles. The lowest BCUT2D eigenvalue weighted by atomic mass is 10.1. The van der Waals surface area contributed by atoms with Crippen molar-refractivity contribution < 1.29 is 19.4 Å². The lowest BCUT2D eigenvalue weighted by Crippen LogP contribution is -1.98. The zero-order valence-electron chi connectivity index (χ0n) is 14.0. The second kappa shape index (κ2) is 12.7. The van der Waals surface area contributed by atoms with Crippen molar-refractivity contribution in [3.63, 3.8) is 0 Å². The maximum absolute atomic E-state index is 11.2. The Morgan fingerprint density at radius 1 is 1.04 bits per heavy atom. The molecule has 0 radical (unpaired) electrons. The van der Waals surface area contributed by atoms with Crippen LogP contribution in [-0.2, 0) is 9.53 Å². The summed E-state index contributed by atoms with van der Waals surface area (Å²) in [6.07, 6.45) is 9.76. The highest BCUT2D eigenvalue weighted by Crippen LogP contribution is 2.14. The van der Waals surface area contributed by atoms with Gasteiger partial charge in [0.05, 0.1) is 13.2 Å². The molecule has 0 saturated heterocycles. The molecule has 0 bridgehead atoms. The van der Waals surface area contributed by atoms with E-state index in [1.54, 1.807) is 13.0 Å². The number of hydrogen-bond acceptors (Lipinski definition) is 4. The van der Waals surface area contributed by atoms with Crippen molar-refractivity contribution >= 4 is 12.0 Å². The number of aliphatic hydroxyl groups is 1. The van der Waals surface area contributed by atoms with Gasteiger partial charge in [0.25, 0.3) is 0 Å². The molecule has 1 aromatic carbocycles. The first-order valence-corrected chi connectivity index (χ1v) is 8.45. The number of ether oxygens (including phenoxy) is 2. The first-order valence-electron chi connectivity index (χ1n) is 8.45. The molecular weight excluding hydrogens is 292 g/mol. The Labute approximate surface area is 139 Å². The second-order valence-corrected chi connectivity index (χ2v) is 5.35. The van der Waals surface area contributed by atoms with E-state index in [2.05, 4.69) is 0 Å². The minimum atomic E-state index is -0.327. The Kier molecular flexibility index (Phi) is 10.6. The number of hydrogen-bond donors (Lipinski definition) is 1. The van der Waals surface area contributed by atoms with Gasteiger partial charge in [0.2, 0.25) is 0 Å². The van der Waals surface area contributed by atoms with E-state index in [4.69, 9.17) is 14.6 Å². The summed E-state index contributed by atoms with van der Waals surface area (Å²) in [7, 11) is 0. The fourth-order valence-electron chi connectivity index (χ4n) is 2.14. The number of rotatable bonds is 12. The van der Waals surface area contributed by atoms with E-state index in [-0.39, 0.29) is 5.97 Å². The van der Waals surface area contributed by atoms with E-state index >= 15 is 0 Å². The fraction of sp³-hybridized carbons (Fsp3) is 0.526. The molecule has 128 valence electrons. The molecule has 0 aliphatic rings. The summed E-state index contributed by atoms with van der Waals surface area (Å²) in [5.41, 5.74) is 0.939. The summed E-state index contributed by atoms with van der Waals surface area (Å²) in [6.45, 7) is 3.19. The van der Waals surface area contributed by atoms with Gasteiger partial charge in [-0.15, -0.1) is 0 Å². The predicted molar refractivity (Wildman–Crippen MR) is 92.4 cm³/mol. The molecule has 4 nitrogen and oxygen atoms in total. The summed E-state index contributed by atoms with van der Waals surface area (Å²) in [5.74, 6) is 0.519. The van der Waals surface area contributed by atoms with Crippen LogP contribution in [0.25, 0.3) is 6.08 Å². The standard InChI is InChI=1S/C19H28O4/c1-2-22-19(21)14-11-17-9-12-18(13-10-17)23-16-8-6-4-3-5-7-15-20/h9-14,20H,2-8,15-16H2,1H3. The highest BCUT2D eigenvalue weighted by molar-refractivity contribution is 5.87. The Balaban J connectivity index is 2.18. The summed E-state index contributed by atoms with van der Waals surface area (Å²) in [5, 5.41) is 8.69. The molecule has 0 atom stereocenters. The van der Waals surface area contributed by atoms with E-state index in [9.17, 15) is 4.79 Å². The molecule has 1 N–H and O–H groups in total. The smallest absolute Gasteiger partial charge is 0.330 e. The molecule has 0 spiro atoms. The average molecular weight is 320 g/mol. The van der Waals surface area contributed by atoms with Crippen molar-refractivity contribution in [3.05, 3.63) is 35.9 Å². The molecule has 0 aliphatic heterocycles. The lowest BCUT2D eigenvalue weighted by Gasteiger charge is -2.06. The van der Waals surface area contributed by atoms with Crippen LogP contribution >= 0.6 is 0 Å². The van der Waals surface area contributed by atoms with Crippen molar-refractivity contribution in [2.45, 2.75) is 45.4 Å². The molecule has 0 saturated carbocycles. The molecule has 1 rings (SSSR count). The van der Waals surface area contributed by atoms with Gasteiger partial charge in [0, 0.05) is 12.7 Å². The number of carbonyl (C=O) groups excluding carboxylic acids is 1. The average Bonchev–Trinajstić information content (AvgIpc) is 2.57. The number of carbonyl (C=O) groups is 1. The third-order valence-electron chi connectivity index (χ3n) is 3.40. The third kappa shape index (κ3) is 9.74. The minimum Gasteiger partial charge on any atom is -0.494 e. The van der Waals surface area contributed by atoms with E-state index in [1.807, 2.05) is 24.3 Å². The highest BCUT2D eigenvalue weighted by atomic mass is 16.5. The monoisotopic (exact) mass is 320 g/mol. The Hall–Kier alpha value is -1.81. The molecule has 1 aromatic rings. The predicted octanol–water partition coefficient (Wildman–Crippen LogP) is 3.97. The minimum absolute atomic E-state index is 0.300. The highest BCUT2D eigenvalue weighted by Gasteiger charge is 1.97. The third-order valence-corrected chi connectivity index (χ3v) is 3.40. The number of benzene rings is 1. The van der Waals surface area contributed by atoms with Crippen molar-refractivity contribution in [1.29, 1.82) is 0 Å². The Morgan fingerprint density at radius 3 is 2.35 bits per heavy atom. The van der Waals surface area contributed by atoms with Crippen LogP contribution in [0.15, 0.2) is 30.3 Å². The van der Waals surface area contributed by atoms with E-state index < -0.39 is 0 Å². The van der Waals surface area contributed by atoms with E-state index in [0.29, 0.717) is 13.2 Å². The van der Waals surface area contributed by atoms with Gasteiger partial charge in [0.15, 0.2) is 0 Å². The van der Waals surface area contributed by atoms with Crippen LogP contribution in [0.5, 0.6) is 5.75 Å². The molecule has 23 heavy (non-hydrogen) atoms. The molecule has 0 unspecified atom stereocenters. The SMILES string of the molecule is CCOC(=O)C=Cc1ccc(OCCCCCCCCO)cc1. The number of aliphatic hydroxyl groups excluding tert-OH is 1. The van der Waals surface area contributed by atoms with Gasteiger partial charge in [-0.3, -0.25) is 0 Å². The van der Waals surface area contributed by atoms with Crippen molar-refractivity contribution in [3.8, 4) is 5.75 Å². The number of unbranched alkanes of at least 4 members (excludes halogenated alkanes) is 5. The fourth-order valence-corrected chi connectivity index (χ4v) is 2.14. The second-order valence-electron chi connectivity index (χ2n) is 5.35. The van der Waals surface area contributed by atoms with E-state index in [1.165, 1.54) is 18.9 Å². The van der Waals surface area contributed by atoms with E-state index in [0.717, 1.165) is 43.6 Å². The Bertz CT molecular complexity index is 451. The largest absolute Gasteiger partial charge is 0.494 e. The molecule has 0 fully saturated rings. The van der Waals surface area contributed by atoms with Gasteiger partial charge >= 0.3 is 5.97 Å². The normalized spacial score (nSPS) is 10.9. The van der Waals surface area contributed by atoms with Crippen LogP contribution in [0.3, 0.4) is 0 Å². The van der Waals surface area contributed by atoms with Crippen LogP contribution in [-0.4, -0.2) is 30.9 Å². The zero-order chi connectivity index (χ0) is 16.8. The quantitative estimate of drug-likeness (QED) is 0.360. The molecule has 0 heterocycles. The van der Waals surface area contributed by atoms with Crippen LogP contribution in [0.1, 0.15) is 51.0 Å². The maximum Gasteiger partial charge on any atom is 0.330 e. The summed E-state index contributed by atoms with van der Waals surface area (Å²) >= 11 is 0. The van der Waals surface area contributed by atoms with Crippen molar-refractivity contribution in [2.24, 2.45) is 0 Å². The van der Waals surface area contributed by atoms with Crippen molar-refractivity contribution in [1.82, 2.24) is 0 Å². The molecule has 0 amide bonds. The molecule has 4 heteroatoms.